The fourth-order valence-electron chi connectivity index (χ4n) is 2.11. The Morgan fingerprint density at radius 2 is 1.65 bits per heavy atom. The molecular formula is C17H30N2O. The van der Waals surface area contributed by atoms with E-state index in [9.17, 15) is 0 Å². The molecule has 0 radical (unpaired) electrons. The number of nitrogens with one attached hydrogen (secondary N) is 1. The Morgan fingerprint density at radius 3 is 2.20 bits per heavy atom. The SMILES string of the molecule is CCOCC(C)NCc1ccc(CN(CC)CC)cc1. The summed E-state index contributed by atoms with van der Waals surface area (Å²) in [6.07, 6.45) is 0. The third-order valence-electron chi connectivity index (χ3n) is 3.55. The average Bonchev–Trinajstić information content (AvgIpc) is 2.49. The molecule has 0 amide bonds. The second kappa shape index (κ2) is 9.92. The van der Waals surface area contributed by atoms with Crippen LogP contribution in [0.4, 0.5) is 0 Å². The highest BCUT2D eigenvalue weighted by atomic mass is 16.5. The quantitative estimate of drug-likeness (QED) is 0.712. The van der Waals surface area contributed by atoms with E-state index in [1.165, 1.54) is 11.1 Å². The van der Waals surface area contributed by atoms with Crippen molar-refractivity contribution in [2.45, 2.75) is 46.8 Å². The summed E-state index contributed by atoms with van der Waals surface area (Å²) < 4.78 is 5.40. The molecule has 0 spiro atoms. The van der Waals surface area contributed by atoms with Crippen LogP contribution >= 0.6 is 0 Å². The van der Waals surface area contributed by atoms with Gasteiger partial charge in [-0.1, -0.05) is 38.1 Å². The first-order chi connectivity index (χ1) is 9.69. The van der Waals surface area contributed by atoms with Crippen molar-refractivity contribution >= 4 is 0 Å². The standard InChI is InChI=1S/C17H30N2O/c1-5-19(6-2)13-17-10-8-16(9-11-17)12-18-15(4)14-20-7-3/h8-11,15,18H,5-7,12-14H2,1-4H3. The van der Waals surface area contributed by atoms with Crippen LogP contribution in [0.3, 0.4) is 0 Å². The van der Waals surface area contributed by atoms with Crippen LogP contribution in [0.15, 0.2) is 24.3 Å². The Balaban J connectivity index is 2.38. The summed E-state index contributed by atoms with van der Waals surface area (Å²) in [6, 6.07) is 9.31. The minimum absolute atomic E-state index is 0.394. The summed E-state index contributed by atoms with van der Waals surface area (Å²) in [5, 5.41) is 3.48. The molecule has 3 nitrogen and oxygen atoms in total. The molecule has 20 heavy (non-hydrogen) atoms. The van der Waals surface area contributed by atoms with Crippen LogP contribution in [0.1, 0.15) is 38.8 Å². The van der Waals surface area contributed by atoms with Gasteiger partial charge in [-0.2, -0.15) is 0 Å². The van der Waals surface area contributed by atoms with E-state index in [2.05, 4.69) is 55.3 Å². The van der Waals surface area contributed by atoms with Crippen LogP contribution in [0, 0.1) is 0 Å². The van der Waals surface area contributed by atoms with Crippen molar-refractivity contribution in [1.29, 1.82) is 0 Å². The summed E-state index contributed by atoms with van der Waals surface area (Å²) in [7, 11) is 0. The van der Waals surface area contributed by atoms with E-state index in [1.807, 2.05) is 6.92 Å². The molecule has 1 aromatic carbocycles. The molecule has 1 aromatic rings. The van der Waals surface area contributed by atoms with Crippen LogP contribution in [0.2, 0.25) is 0 Å². The molecule has 1 unspecified atom stereocenters. The van der Waals surface area contributed by atoms with Crippen molar-refractivity contribution in [2.24, 2.45) is 0 Å². The number of ether oxygens (including phenoxy) is 1. The van der Waals surface area contributed by atoms with Gasteiger partial charge in [0.25, 0.3) is 0 Å². The van der Waals surface area contributed by atoms with Gasteiger partial charge in [-0.05, 0) is 38.1 Å². The molecule has 114 valence electrons. The average molecular weight is 278 g/mol. The first-order valence-corrected chi connectivity index (χ1v) is 7.80. The molecule has 0 aliphatic rings. The molecule has 0 heterocycles. The fraction of sp³-hybridized carbons (Fsp3) is 0.647. The Bertz CT molecular complexity index is 347. The summed E-state index contributed by atoms with van der Waals surface area (Å²) in [5.41, 5.74) is 2.72. The molecule has 0 aliphatic carbocycles. The first-order valence-electron chi connectivity index (χ1n) is 7.80. The van der Waals surface area contributed by atoms with Crippen molar-refractivity contribution in [1.82, 2.24) is 10.2 Å². The van der Waals surface area contributed by atoms with Gasteiger partial charge in [0.1, 0.15) is 0 Å². The molecule has 0 bridgehead atoms. The molecule has 0 saturated heterocycles. The molecule has 1 atom stereocenters. The normalized spacial score (nSPS) is 12.8. The van der Waals surface area contributed by atoms with Gasteiger partial charge in [0.2, 0.25) is 0 Å². The molecule has 0 fully saturated rings. The van der Waals surface area contributed by atoms with Gasteiger partial charge in [0.15, 0.2) is 0 Å². The van der Waals surface area contributed by atoms with Gasteiger partial charge < -0.3 is 10.1 Å². The van der Waals surface area contributed by atoms with E-state index >= 15 is 0 Å². The van der Waals surface area contributed by atoms with Gasteiger partial charge in [0.05, 0.1) is 6.61 Å². The number of benzene rings is 1. The van der Waals surface area contributed by atoms with E-state index in [0.717, 1.165) is 39.4 Å². The van der Waals surface area contributed by atoms with Crippen LogP contribution < -0.4 is 5.32 Å². The minimum atomic E-state index is 0.394. The predicted molar refractivity (Wildman–Crippen MR) is 85.9 cm³/mol. The summed E-state index contributed by atoms with van der Waals surface area (Å²) in [6.45, 7) is 14.3. The molecule has 1 N–H and O–H groups in total. The van der Waals surface area contributed by atoms with E-state index < -0.39 is 0 Å². The molecule has 1 rings (SSSR count). The lowest BCUT2D eigenvalue weighted by atomic mass is 10.1. The maximum Gasteiger partial charge on any atom is 0.0616 e. The highest BCUT2D eigenvalue weighted by Gasteiger charge is 2.03. The van der Waals surface area contributed by atoms with E-state index in [-0.39, 0.29) is 0 Å². The second-order valence-electron chi connectivity index (χ2n) is 5.22. The number of nitrogens with zero attached hydrogens (tertiary/aromatic N) is 1. The van der Waals surface area contributed by atoms with Crippen molar-refractivity contribution < 1.29 is 4.74 Å². The van der Waals surface area contributed by atoms with E-state index in [1.54, 1.807) is 0 Å². The monoisotopic (exact) mass is 278 g/mol. The van der Waals surface area contributed by atoms with E-state index in [4.69, 9.17) is 4.74 Å². The van der Waals surface area contributed by atoms with Crippen LogP contribution in [-0.4, -0.2) is 37.2 Å². The number of rotatable bonds is 10. The Morgan fingerprint density at radius 1 is 1.05 bits per heavy atom. The third-order valence-corrected chi connectivity index (χ3v) is 3.55. The third kappa shape index (κ3) is 6.51. The molecule has 3 heteroatoms. The zero-order valence-corrected chi connectivity index (χ0v) is 13.5. The van der Waals surface area contributed by atoms with Gasteiger partial charge in [-0.15, -0.1) is 0 Å². The molecule has 0 aromatic heterocycles. The highest BCUT2D eigenvalue weighted by molar-refractivity contribution is 5.22. The van der Waals surface area contributed by atoms with Crippen molar-refractivity contribution in [3.05, 3.63) is 35.4 Å². The largest absolute Gasteiger partial charge is 0.380 e. The van der Waals surface area contributed by atoms with Crippen LogP contribution in [0.5, 0.6) is 0 Å². The summed E-state index contributed by atoms with van der Waals surface area (Å²) >= 11 is 0. The first kappa shape index (κ1) is 17.2. The topological polar surface area (TPSA) is 24.5 Å². The minimum Gasteiger partial charge on any atom is -0.380 e. The molecule has 0 saturated carbocycles. The number of hydrogen-bond donors (Lipinski definition) is 1. The molecule has 0 aliphatic heterocycles. The summed E-state index contributed by atoms with van der Waals surface area (Å²) in [5.74, 6) is 0. The maximum absolute atomic E-state index is 5.40. The lowest BCUT2D eigenvalue weighted by Crippen LogP contribution is -2.30. The summed E-state index contributed by atoms with van der Waals surface area (Å²) in [4.78, 5) is 2.43. The van der Waals surface area contributed by atoms with Crippen molar-refractivity contribution in [2.75, 3.05) is 26.3 Å². The zero-order valence-electron chi connectivity index (χ0n) is 13.5. The Kier molecular flexibility index (Phi) is 8.51. The highest BCUT2D eigenvalue weighted by Crippen LogP contribution is 2.07. The second-order valence-corrected chi connectivity index (χ2v) is 5.22. The van der Waals surface area contributed by atoms with Gasteiger partial charge >= 0.3 is 0 Å². The lowest BCUT2D eigenvalue weighted by Gasteiger charge is -2.18. The Labute approximate surface area is 124 Å². The van der Waals surface area contributed by atoms with Crippen LogP contribution in [-0.2, 0) is 17.8 Å². The van der Waals surface area contributed by atoms with Crippen LogP contribution in [0.25, 0.3) is 0 Å². The van der Waals surface area contributed by atoms with Gasteiger partial charge in [0, 0.05) is 25.7 Å². The molecular weight excluding hydrogens is 248 g/mol. The zero-order chi connectivity index (χ0) is 14.8. The Hall–Kier alpha value is -0.900. The lowest BCUT2D eigenvalue weighted by molar-refractivity contribution is 0.127. The van der Waals surface area contributed by atoms with Gasteiger partial charge in [-0.25, -0.2) is 0 Å². The fourth-order valence-corrected chi connectivity index (χ4v) is 2.11. The predicted octanol–water partition coefficient (Wildman–Crippen LogP) is 3.04. The van der Waals surface area contributed by atoms with Crippen molar-refractivity contribution in [3.8, 4) is 0 Å². The van der Waals surface area contributed by atoms with Gasteiger partial charge in [-0.3, -0.25) is 4.90 Å². The van der Waals surface area contributed by atoms with Crippen molar-refractivity contribution in [3.63, 3.8) is 0 Å². The van der Waals surface area contributed by atoms with E-state index in [0.29, 0.717) is 6.04 Å². The smallest absolute Gasteiger partial charge is 0.0616 e. The number of hydrogen-bond acceptors (Lipinski definition) is 3. The maximum atomic E-state index is 5.40.